The Labute approximate surface area is 194 Å². The van der Waals surface area contributed by atoms with E-state index >= 15 is 0 Å². The fourth-order valence-electron chi connectivity index (χ4n) is 3.02. The summed E-state index contributed by atoms with van der Waals surface area (Å²) in [7, 11) is 0. The van der Waals surface area contributed by atoms with Gasteiger partial charge in [-0.2, -0.15) is 5.10 Å². The lowest BCUT2D eigenvalue weighted by Gasteiger charge is -2.04. The summed E-state index contributed by atoms with van der Waals surface area (Å²) in [6.07, 6.45) is 3.20. The van der Waals surface area contributed by atoms with Crippen LogP contribution >= 0.6 is 22.9 Å². The van der Waals surface area contributed by atoms with Gasteiger partial charge in [0.25, 0.3) is 5.91 Å². The van der Waals surface area contributed by atoms with Gasteiger partial charge in [-0.15, -0.1) is 11.3 Å². The first-order valence-corrected chi connectivity index (χ1v) is 11.1. The third kappa shape index (κ3) is 5.40. The van der Waals surface area contributed by atoms with Gasteiger partial charge in [-0.25, -0.2) is 4.98 Å². The first-order chi connectivity index (χ1) is 15.5. The van der Waals surface area contributed by atoms with E-state index in [-0.39, 0.29) is 11.8 Å². The molecule has 2 amide bonds. The average molecular weight is 466 g/mol. The molecule has 4 aromatic rings. The number of anilines is 1. The van der Waals surface area contributed by atoms with Gasteiger partial charge in [-0.05, 0) is 17.2 Å². The molecule has 2 N–H and O–H groups in total. The zero-order chi connectivity index (χ0) is 22.5. The highest BCUT2D eigenvalue weighted by Crippen LogP contribution is 2.25. The molecular weight excluding hydrogens is 446 g/mol. The maximum Gasteiger partial charge on any atom is 0.260 e. The summed E-state index contributed by atoms with van der Waals surface area (Å²) in [6, 6.07) is 15.3. The minimum atomic E-state index is -0.276. The van der Waals surface area contributed by atoms with Crippen LogP contribution in [0.2, 0.25) is 5.02 Å². The Morgan fingerprint density at radius 1 is 1.12 bits per heavy atom. The highest BCUT2D eigenvalue weighted by atomic mass is 35.5. The highest BCUT2D eigenvalue weighted by molar-refractivity contribution is 7.14. The maximum atomic E-state index is 12.6. The number of aromatic nitrogens is 3. The Bertz CT molecular complexity index is 1250. The summed E-state index contributed by atoms with van der Waals surface area (Å²) < 4.78 is 1.67. The van der Waals surface area contributed by atoms with Gasteiger partial charge in [0.1, 0.15) is 0 Å². The lowest BCUT2D eigenvalue weighted by atomic mass is 10.1. The molecule has 162 valence electrons. The molecule has 0 fully saturated rings. The Morgan fingerprint density at radius 3 is 2.66 bits per heavy atom. The highest BCUT2D eigenvalue weighted by Gasteiger charge is 2.13. The summed E-state index contributed by atoms with van der Waals surface area (Å²) in [4.78, 5) is 28.1. The summed E-state index contributed by atoms with van der Waals surface area (Å²) in [5.74, 6) is -0.342. The zero-order valence-corrected chi connectivity index (χ0v) is 18.8. The lowest BCUT2D eigenvalue weighted by molar-refractivity contribution is -0.119. The van der Waals surface area contributed by atoms with Crippen molar-refractivity contribution < 1.29 is 9.59 Å². The zero-order valence-electron chi connectivity index (χ0n) is 17.2. The quantitative estimate of drug-likeness (QED) is 0.417. The molecule has 7 nitrogen and oxygen atoms in total. The molecule has 0 atom stereocenters. The molecule has 0 spiro atoms. The summed E-state index contributed by atoms with van der Waals surface area (Å²) in [6.45, 7) is 2.45. The van der Waals surface area contributed by atoms with E-state index < -0.39 is 0 Å². The number of hydrogen-bond donors (Lipinski definition) is 2. The summed E-state index contributed by atoms with van der Waals surface area (Å²) in [5.41, 5.74) is 4.07. The molecule has 0 saturated carbocycles. The van der Waals surface area contributed by atoms with Crippen molar-refractivity contribution in [2.24, 2.45) is 0 Å². The number of thiazole rings is 1. The van der Waals surface area contributed by atoms with Gasteiger partial charge in [-0.3, -0.25) is 19.6 Å². The fraction of sp³-hybridized carbons (Fsp3) is 0.130. The Morgan fingerprint density at radius 2 is 1.91 bits per heavy atom. The second-order valence-corrected chi connectivity index (χ2v) is 8.38. The third-order valence-corrected chi connectivity index (χ3v) is 5.83. The molecule has 0 saturated heterocycles. The smallest absolute Gasteiger partial charge is 0.260 e. The van der Waals surface area contributed by atoms with Gasteiger partial charge in [0.2, 0.25) is 5.91 Å². The molecule has 2 heterocycles. The first-order valence-electron chi connectivity index (χ1n) is 9.84. The van der Waals surface area contributed by atoms with Crippen molar-refractivity contribution in [3.05, 3.63) is 88.0 Å². The Kier molecular flexibility index (Phi) is 6.63. The molecule has 2 aromatic heterocycles. The van der Waals surface area contributed by atoms with E-state index in [4.69, 9.17) is 11.6 Å². The molecule has 4 rings (SSSR count). The molecule has 0 aliphatic carbocycles. The van der Waals surface area contributed by atoms with E-state index in [1.54, 1.807) is 10.9 Å². The molecule has 9 heteroatoms. The second kappa shape index (κ2) is 9.76. The van der Waals surface area contributed by atoms with Gasteiger partial charge in [0.15, 0.2) is 5.13 Å². The standard InChI is InChI=1S/C23H20ClN5O2S/c1-15(30)25-10-16-6-8-17(9-7-16)21-14-32-23(27-21)28-22(31)19-11-26-29(13-19)12-18-4-2-3-5-20(18)24/h2-9,11,13-14H,10,12H2,1H3,(H,25,30)(H,27,28,31). The first kappa shape index (κ1) is 21.7. The SMILES string of the molecule is CC(=O)NCc1ccc(-c2csc(NC(=O)c3cnn(Cc4ccccc4Cl)c3)n2)cc1. The van der Waals surface area contributed by atoms with Crippen molar-refractivity contribution in [1.82, 2.24) is 20.1 Å². The van der Waals surface area contributed by atoms with Crippen molar-refractivity contribution in [3.8, 4) is 11.3 Å². The predicted molar refractivity (Wildman–Crippen MR) is 126 cm³/mol. The van der Waals surface area contributed by atoms with E-state index in [1.807, 2.05) is 53.9 Å². The van der Waals surface area contributed by atoms with Crippen molar-refractivity contribution in [2.45, 2.75) is 20.0 Å². The van der Waals surface area contributed by atoms with Crippen molar-refractivity contribution in [2.75, 3.05) is 5.32 Å². The lowest BCUT2D eigenvalue weighted by Crippen LogP contribution is -2.18. The van der Waals surface area contributed by atoms with Crippen LogP contribution < -0.4 is 10.6 Å². The molecular formula is C23H20ClN5O2S. The van der Waals surface area contributed by atoms with E-state index in [9.17, 15) is 9.59 Å². The van der Waals surface area contributed by atoms with Crippen LogP contribution in [0.4, 0.5) is 5.13 Å². The second-order valence-electron chi connectivity index (χ2n) is 7.12. The molecule has 0 radical (unpaired) electrons. The molecule has 0 unspecified atom stereocenters. The monoisotopic (exact) mass is 465 g/mol. The summed E-state index contributed by atoms with van der Waals surface area (Å²) >= 11 is 7.55. The van der Waals surface area contributed by atoms with Gasteiger partial charge in [0.05, 0.1) is 24.0 Å². The van der Waals surface area contributed by atoms with E-state index in [1.165, 1.54) is 24.5 Å². The van der Waals surface area contributed by atoms with E-state index in [0.717, 1.165) is 22.4 Å². The van der Waals surface area contributed by atoms with Crippen LogP contribution in [0.15, 0.2) is 66.3 Å². The number of rotatable bonds is 7. The maximum absolute atomic E-state index is 12.6. The van der Waals surface area contributed by atoms with Crippen LogP contribution in [0, 0.1) is 0 Å². The minimum Gasteiger partial charge on any atom is -0.352 e. The normalized spacial score (nSPS) is 10.7. The number of halogens is 1. The van der Waals surface area contributed by atoms with Gasteiger partial charge in [-0.1, -0.05) is 54.1 Å². The topological polar surface area (TPSA) is 88.9 Å². The number of carbonyl (C=O) groups is 2. The summed E-state index contributed by atoms with van der Waals surface area (Å²) in [5, 5.41) is 12.9. The number of hydrogen-bond acceptors (Lipinski definition) is 5. The average Bonchev–Trinajstić information content (AvgIpc) is 3.44. The Hall–Kier alpha value is -3.49. The molecule has 0 aliphatic rings. The number of amides is 2. The predicted octanol–water partition coefficient (Wildman–Crippen LogP) is 4.60. The number of nitrogens with one attached hydrogen (secondary N) is 2. The number of carbonyl (C=O) groups excluding carboxylic acids is 2. The number of benzene rings is 2. The van der Waals surface area contributed by atoms with Crippen molar-refractivity contribution in [1.29, 1.82) is 0 Å². The van der Waals surface area contributed by atoms with E-state index in [0.29, 0.717) is 28.8 Å². The minimum absolute atomic E-state index is 0.0663. The molecule has 0 aliphatic heterocycles. The van der Waals surface area contributed by atoms with E-state index in [2.05, 4.69) is 20.7 Å². The van der Waals surface area contributed by atoms with Crippen LogP contribution in [0.5, 0.6) is 0 Å². The largest absolute Gasteiger partial charge is 0.352 e. The van der Waals surface area contributed by atoms with Gasteiger partial charge >= 0.3 is 0 Å². The fourth-order valence-corrected chi connectivity index (χ4v) is 3.93. The van der Waals surface area contributed by atoms with Crippen LogP contribution in [0.3, 0.4) is 0 Å². The van der Waals surface area contributed by atoms with Crippen LogP contribution in [-0.4, -0.2) is 26.6 Å². The van der Waals surface area contributed by atoms with Crippen molar-refractivity contribution >= 4 is 39.9 Å². The van der Waals surface area contributed by atoms with Crippen LogP contribution in [0.25, 0.3) is 11.3 Å². The molecule has 2 aromatic carbocycles. The molecule has 0 bridgehead atoms. The van der Waals surface area contributed by atoms with Crippen molar-refractivity contribution in [3.63, 3.8) is 0 Å². The molecule has 32 heavy (non-hydrogen) atoms. The Balaban J connectivity index is 1.38. The van der Waals surface area contributed by atoms with Crippen LogP contribution in [0.1, 0.15) is 28.4 Å². The van der Waals surface area contributed by atoms with Gasteiger partial charge < -0.3 is 5.32 Å². The third-order valence-electron chi connectivity index (χ3n) is 4.70. The van der Waals surface area contributed by atoms with Gasteiger partial charge in [0, 0.05) is 35.6 Å². The van der Waals surface area contributed by atoms with Crippen LogP contribution in [-0.2, 0) is 17.9 Å². The number of nitrogens with zero attached hydrogens (tertiary/aromatic N) is 3.